The Bertz CT molecular complexity index is 448. The number of hydrogen-bond donors (Lipinski definition) is 1. The van der Waals surface area contributed by atoms with Gasteiger partial charge < -0.3 is 9.84 Å². The van der Waals surface area contributed by atoms with E-state index in [2.05, 4.69) is 19.1 Å². The van der Waals surface area contributed by atoms with E-state index in [-0.39, 0.29) is 11.7 Å². The van der Waals surface area contributed by atoms with E-state index in [9.17, 15) is 9.90 Å². The van der Waals surface area contributed by atoms with Crippen molar-refractivity contribution in [2.24, 2.45) is 0 Å². The first-order valence-electron chi connectivity index (χ1n) is 8.85. The van der Waals surface area contributed by atoms with Crippen LogP contribution in [-0.4, -0.2) is 17.7 Å². The Labute approximate surface area is 140 Å². The Morgan fingerprint density at radius 3 is 2.22 bits per heavy atom. The minimum atomic E-state index is -0.315. The van der Waals surface area contributed by atoms with Gasteiger partial charge in [0.15, 0.2) is 0 Å². The summed E-state index contributed by atoms with van der Waals surface area (Å²) in [7, 11) is 0. The molecule has 0 unspecified atom stereocenters. The summed E-state index contributed by atoms with van der Waals surface area (Å²) in [4.78, 5) is 11.7. The van der Waals surface area contributed by atoms with Crippen LogP contribution in [0.15, 0.2) is 36.4 Å². The van der Waals surface area contributed by atoms with Crippen LogP contribution in [0.5, 0.6) is 5.75 Å². The molecule has 0 spiro atoms. The molecule has 0 saturated heterocycles. The summed E-state index contributed by atoms with van der Waals surface area (Å²) in [6.07, 6.45) is 15.3. The normalized spacial score (nSPS) is 11.0. The van der Waals surface area contributed by atoms with Crippen molar-refractivity contribution in [3.8, 4) is 5.75 Å². The molecule has 0 bridgehead atoms. The molecule has 3 nitrogen and oxygen atoms in total. The first kappa shape index (κ1) is 19.3. The van der Waals surface area contributed by atoms with Crippen LogP contribution < -0.4 is 0 Å². The number of unbranched alkanes of at least 4 members (excludes halogenated alkanes) is 7. The maximum Gasteiger partial charge on any atom is 0.338 e. The zero-order valence-electron chi connectivity index (χ0n) is 14.3. The van der Waals surface area contributed by atoms with E-state index in [4.69, 9.17) is 4.74 Å². The van der Waals surface area contributed by atoms with Crippen LogP contribution in [0.3, 0.4) is 0 Å². The first-order valence-corrected chi connectivity index (χ1v) is 8.85. The summed E-state index contributed by atoms with van der Waals surface area (Å²) >= 11 is 0. The number of rotatable bonds is 12. The molecule has 0 heterocycles. The van der Waals surface area contributed by atoms with Crippen molar-refractivity contribution < 1.29 is 14.6 Å². The number of aromatic hydroxyl groups is 1. The summed E-state index contributed by atoms with van der Waals surface area (Å²) in [6.45, 7) is 2.64. The Balaban J connectivity index is 1.92. The minimum absolute atomic E-state index is 0.155. The van der Waals surface area contributed by atoms with Crippen molar-refractivity contribution >= 4 is 5.97 Å². The van der Waals surface area contributed by atoms with Gasteiger partial charge in [-0.3, -0.25) is 0 Å². The molecule has 1 rings (SSSR count). The third-order valence-electron chi connectivity index (χ3n) is 3.75. The van der Waals surface area contributed by atoms with Gasteiger partial charge in [0, 0.05) is 0 Å². The highest BCUT2D eigenvalue weighted by Crippen LogP contribution is 2.12. The van der Waals surface area contributed by atoms with Gasteiger partial charge in [0.1, 0.15) is 5.75 Å². The second-order valence-electron chi connectivity index (χ2n) is 5.83. The number of allylic oxidation sites excluding steroid dienone is 2. The third kappa shape index (κ3) is 9.77. The standard InChI is InChI=1S/C20H30O3/c1-2-3-4-5-6-7-8-9-10-11-12-17-23-20(22)18-13-15-19(21)16-14-18/h3-4,13-16,21H,2,5-12,17H2,1H3/b4-3+. The number of phenols is 1. The molecule has 0 saturated carbocycles. The lowest BCUT2D eigenvalue weighted by atomic mass is 10.1. The minimum Gasteiger partial charge on any atom is -0.508 e. The molecule has 0 atom stereocenters. The first-order chi connectivity index (χ1) is 11.2. The second kappa shape index (κ2) is 12.7. The highest BCUT2D eigenvalue weighted by molar-refractivity contribution is 5.89. The maximum atomic E-state index is 11.7. The topological polar surface area (TPSA) is 46.5 Å². The lowest BCUT2D eigenvalue weighted by Crippen LogP contribution is -2.06. The fourth-order valence-corrected chi connectivity index (χ4v) is 2.38. The van der Waals surface area contributed by atoms with Crippen LogP contribution >= 0.6 is 0 Å². The molecule has 0 aromatic heterocycles. The Morgan fingerprint density at radius 1 is 0.957 bits per heavy atom. The van der Waals surface area contributed by atoms with Crippen molar-refractivity contribution in [1.82, 2.24) is 0 Å². The molecular weight excluding hydrogens is 288 g/mol. The van der Waals surface area contributed by atoms with E-state index < -0.39 is 0 Å². The lowest BCUT2D eigenvalue weighted by molar-refractivity contribution is 0.0497. The summed E-state index contributed by atoms with van der Waals surface area (Å²) in [5, 5.41) is 9.17. The monoisotopic (exact) mass is 318 g/mol. The van der Waals surface area contributed by atoms with Crippen LogP contribution in [-0.2, 0) is 4.74 Å². The molecule has 0 amide bonds. The van der Waals surface area contributed by atoms with Crippen LogP contribution in [0.2, 0.25) is 0 Å². The zero-order chi connectivity index (χ0) is 16.8. The van der Waals surface area contributed by atoms with Gasteiger partial charge in [-0.15, -0.1) is 0 Å². The smallest absolute Gasteiger partial charge is 0.338 e. The Morgan fingerprint density at radius 2 is 1.57 bits per heavy atom. The van der Waals surface area contributed by atoms with Gasteiger partial charge in [0.25, 0.3) is 0 Å². The third-order valence-corrected chi connectivity index (χ3v) is 3.75. The average molecular weight is 318 g/mol. The highest BCUT2D eigenvalue weighted by Gasteiger charge is 2.06. The second-order valence-corrected chi connectivity index (χ2v) is 5.83. The quantitative estimate of drug-likeness (QED) is 0.308. The van der Waals surface area contributed by atoms with Crippen molar-refractivity contribution in [3.63, 3.8) is 0 Å². The number of carbonyl (C=O) groups is 1. The molecule has 23 heavy (non-hydrogen) atoms. The maximum absolute atomic E-state index is 11.7. The molecule has 3 heteroatoms. The molecule has 0 radical (unpaired) electrons. The van der Waals surface area contributed by atoms with Crippen LogP contribution in [0.1, 0.15) is 75.1 Å². The summed E-state index contributed by atoms with van der Waals surface area (Å²) in [5.41, 5.74) is 0.486. The molecule has 0 fully saturated rings. The van der Waals surface area contributed by atoms with Gasteiger partial charge in [-0.1, -0.05) is 51.2 Å². The fourth-order valence-electron chi connectivity index (χ4n) is 2.38. The van der Waals surface area contributed by atoms with Gasteiger partial charge in [0.05, 0.1) is 12.2 Å². The van der Waals surface area contributed by atoms with Crippen molar-refractivity contribution in [2.75, 3.05) is 6.61 Å². The summed E-state index contributed by atoms with van der Waals surface area (Å²) in [5.74, 6) is -0.159. The van der Waals surface area contributed by atoms with Crippen LogP contribution in [0, 0.1) is 0 Å². The van der Waals surface area contributed by atoms with E-state index in [1.807, 2.05) is 0 Å². The molecule has 128 valence electrons. The van der Waals surface area contributed by atoms with Crippen LogP contribution in [0.4, 0.5) is 0 Å². The number of phenolic OH excluding ortho intramolecular Hbond substituents is 1. The molecule has 1 aromatic carbocycles. The number of esters is 1. The number of benzene rings is 1. The molecule has 0 aliphatic carbocycles. The van der Waals surface area contributed by atoms with Crippen molar-refractivity contribution in [3.05, 3.63) is 42.0 Å². The Hall–Kier alpha value is -1.77. The van der Waals surface area contributed by atoms with Gasteiger partial charge in [-0.2, -0.15) is 0 Å². The largest absolute Gasteiger partial charge is 0.508 e. The lowest BCUT2D eigenvalue weighted by Gasteiger charge is -2.05. The van der Waals surface area contributed by atoms with Crippen molar-refractivity contribution in [2.45, 2.75) is 64.7 Å². The van der Waals surface area contributed by atoms with E-state index in [0.717, 1.165) is 19.3 Å². The number of carbonyl (C=O) groups excluding carboxylic acids is 1. The van der Waals surface area contributed by atoms with E-state index >= 15 is 0 Å². The molecule has 1 aromatic rings. The number of hydrogen-bond acceptors (Lipinski definition) is 3. The summed E-state index contributed by atoms with van der Waals surface area (Å²) in [6, 6.07) is 6.14. The Kier molecular flexibility index (Phi) is 10.7. The van der Waals surface area contributed by atoms with E-state index in [0.29, 0.717) is 12.2 Å². The SMILES string of the molecule is CC/C=C/CCCCCCCCCOC(=O)c1ccc(O)cc1. The van der Waals surface area contributed by atoms with Gasteiger partial charge in [0.2, 0.25) is 0 Å². The molecule has 0 aliphatic rings. The highest BCUT2D eigenvalue weighted by atomic mass is 16.5. The van der Waals surface area contributed by atoms with Crippen molar-refractivity contribution in [1.29, 1.82) is 0 Å². The molecule has 0 aliphatic heterocycles. The van der Waals surface area contributed by atoms with E-state index in [1.54, 1.807) is 12.1 Å². The van der Waals surface area contributed by atoms with Gasteiger partial charge in [-0.05, 0) is 49.9 Å². The van der Waals surface area contributed by atoms with E-state index in [1.165, 1.54) is 50.7 Å². The molecular formula is C20H30O3. The number of ether oxygens (including phenoxy) is 1. The summed E-state index contributed by atoms with van der Waals surface area (Å²) < 4.78 is 5.22. The van der Waals surface area contributed by atoms with Crippen LogP contribution in [0.25, 0.3) is 0 Å². The fraction of sp³-hybridized carbons (Fsp3) is 0.550. The van der Waals surface area contributed by atoms with Gasteiger partial charge in [-0.25, -0.2) is 4.79 Å². The average Bonchev–Trinajstić information content (AvgIpc) is 2.56. The predicted molar refractivity (Wildman–Crippen MR) is 94.8 cm³/mol. The van der Waals surface area contributed by atoms with Gasteiger partial charge >= 0.3 is 5.97 Å². The predicted octanol–water partition coefficient (Wildman–Crippen LogP) is 5.64. The zero-order valence-corrected chi connectivity index (χ0v) is 14.3. The molecule has 1 N–H and O–H groups in total.